The monoisotopic (exact) mass is 306 g/mol. The highest BCUT2D eigenvalue weighted by molar-refractivity contribution is 5.85. The molecule has 0 amide bonds. The van der Waals surface area contributed by atoms with Gasteiger partial charge < -0.3 is 23.8 Å². The molecular weight excluding hydrogens is 288 g/mol. The molecule has 1 aromatic carbocycles. The maximum Gasteiger partial charge on any atom is 0.339 e. The number of hydrogen-bond acceptors (Lipinski definition) is 6. The number of aromatic hydroxyl groups is 1. The molecule has 1 N–H and O–H groups in total. The Morgan fingerprint density at radius 1 is 1.27 bits per heavy atom. The Morgan fingerprint density at radius 2 is 2.00 bits per heavy atom. The SMILES string of the molecule is COCc1c(CCC(C)=O)c(=O)oc2cc(O)c(OC)cc12. The number of hydrogen-bond donors (Lipinski definition) is 1. The van der Waals surface area contributed by atoms with Gasteiger partial charge >= 0.3 is 5.63 Å². The van der Waals surface area contributed by atoms with E-state index in [1.54, 1.807) is 6.07 Å². The first-order valence-corrected chi connectivity index (χ1v) is 6.81. The van der Waals surface area contributed by atoms with E-state index in [0.717, 1.165) is 0 Å². The minimum Gasteiger partial charge on any atom is -0.504 e. The van der Waals surface area contributed by atoms with Crippen molar-refractivity contribution in [2.24, 2.45) is 0 Å². The molecule has 0 bridgehead atoms. The van der Waals surface area contributed by atoms with Gasteiger partial charge in [0.05, 0.1) is 13.7 Å². The van der Waals surface area contributed by atoms with Crippen molar-refractivity contribution >= 4 is 16.8 Å². The molecule has 6 heteroatoms. The summed E-state index contributed by atoms with van der Waals surface area (Å²) in [5.74, 6) is 0.153. The second-order valence-corrected chi connectivity index (χ2v) is 5.00. The van der Waals surface area contributed by atoms with Crippen molar-refractivity contribution in [3.8, 4) is 11.5 Å². The number of carbonyl (C=O) groups excluding carboxylic acids is 1. The molecule has 118 valence electrons. The highest BCUT2D eigenvalue weighted by Crippen LogP contribution is 2.33. The standard InChI is InChI=1S/C16H18O6/c1-9(17)4-5-10-12(8-20-2)11-6-15(21-3)13(18)7-14(11)22-16(10)19/h6-7,18H,4-5,8H2,1-3H3. The largest absolute Gasteiger partial charge is 0.504 e. The molecule has 2 aromatic rings. The van der Waals surface area contributed by atoms with Crippen LogP contribution in [0.25, 0.3) is 11.0 Å². The van der Waals surface area contributed by atoms with Gasteiger partial charge in [-0.05, 0) is 25.0 Å². The molecule has 6 nitrogen and oxygen atoms in total. The highest BCUT2D eigenvalue weighted by Gasteiger charge is 2.17. The van der Waals surface area contributed by atoms with Crippen LogP contribution in [0.1, 0.15) is 24.5 Å². The van der Waals surface area contributed by atoms with Crippen LogP contribution in [0.5, 0.6) is 11.5 Å². The van der Waals surface area contributed by atoms with E-state index >= 15 is 0 Å². The second kappa shape index (κ2) is 6.62. The summed E-state index contributed by atoms with van der Waals surface area (Å²) in [5, 5.41) is 10.4. The van der Waals surface area contributed by atoms with Gasteiger partial charge in [-0.1, -0.05) is 0 Å². The van der Waals surface area contributed by atoms with Gasteiger partial charge in [0.25, 0.3) is 0 Å². The van der Waals surface area contributed by atoms with Crippen LogP contribution in [0.15, 0.2) is 21.3 Å². The summed E-state index contributed by atoms with van der Waals surface area (Å²) in [6.45, 7) is 1.67. The lowest BCUT2D eigenvalue weighted by Crippen LogP contribution is -2.14. The molecule has 0 spiro atoms. The number of carbonyl (C=O) groups is 1. The van der Waals surface area contributed by atoms with Crippen molar-refractivity contribution in [1.29, 1.82) is 0 Å². The van der Waals surface area contributed by atoms with Crippen molar-refractivity contribution in [2.45, 2.75) is 26.4 Å². The fraction of sp³-hybridized carbons (Fsp3) is 0.375. The summed E-state index contributed by atoms with van der Waals surface area (Å²) in [6.07, 6.45) is 0.539. The Balaban J connectivity index is 2.70. The maximum atomic E-state index is 12.2. The Bertz CT molecular complexity index is 759. The first kappa shape index (κ1) is 16.0. The lowest BCUT2D eigenvalue weighted by molar-refractivity contribution is -0.116. The average molecular weight is 306 g/mol. The first-order valence-electron chi connectivity index (χ1n) is 6.81. The predicted molar refractivity (Wildman–Crippen MR) is 80.4 cm³/mol. The van der Waals surface area contributed by atoms with Crippen molar-refractivity contribution < 1.29 is 23.8 Å². The minimum absolute atomic E-state index is 0.00819. The third-order valence-electron chi connectivity index (χ3n) is 3.44. The zero-order chi connectivity index (χ0) is 16.3. The molecule has 0 saturated heterocycles. The molecule has 0 saturated carbocycles. The zero-order valence-electron chi connectivity index (χ0n) is 12.8. The van der Waals surface area contributed by atoms with Gasteiger partial charge in [0.2, 0.25) is 0 Å². The number of ether oxygens (including phenoxy) is 2. The number of ketones is 1. The minimum atomic E-state index is -0.523. The molecule has 1 aromatic heterocycles. The van der Waals surface area contributed by atoms with Crippen molar-refractivity contribution in [3.63, 3.8) is 0 Å². The summed E-state index contributed by atoms with van der Waals surface area (Å²) < 4.78 is 15.5. The van der Waals surface area contributed by atoms with Crippen LogP contribution in [-0.4, -0.2) is 25.1 Å². The number of phenolic OH excluding ortho intramolecular Hbond substituents is 1. The van der Waals surface area contributed by atoms with Gasteiger partial charge in [0.1, 0.15) is 11.4 Å². The fourth-order valence-corrected chi connectivity index (χ4v) is 2.34. The number of methoxy groups -OCH3 is 2. The first-order chi connectivity index (χ1) is 10.5. The molecule has 0 aliphatic carbocycles. The number of phenols is 1. The lowest BCUT2D eigenvalue weighted by Gasteiger charge is -2.12. The van der Waals surface area contributed by atoms with Crippen molar-refractivity contribution in [2.75, 3.05) is 14.2 Å². The summed E-state index contributed by atoms with van der Waals surface area (Å²) >= 11 is 0. The molecule has 0 aliphatic rings. The lowest BCUT2D eigenvalue weighted by atomic mass is 10.00. The molecule has 0 aliphatic heterocycles. The van der Waals surface area contributed by atoms with Gasteiger partial charge in [-0.25, -0.2) is 4.79 Å². The molecule has 2 rings (SSSR count). The Kier molecular flexibility index (Phi) is 4.82. The number of rotatable bonds is 6. The summed E-state index contributed by atoms with van der Waals surface area (Å²) in [7, 11) is 2.96. The van der Waals surface area contributed by atoms with E-state index in [1.807, 2.05) is 0 Å². The fourth-order valence-electron chi connectivity index (χ4n) is 2.34. The quantitative estimate of drug-likeness (QED) is 0.823. The van der Waals surface area contributed by atoms with E-state index in [2.05, 4.69) is 0 Å². The summed E-state index contributed by atoms with van der Waals surface area (Å²) in [4.78, 5) is 23.3. The Morgan fingerprint density at radius 3 is 2.59 bits per heavy atom. The molecule has 1 heterocycles. The third-order valence-corrected chi connectivity index (χ3v) is 3.44. The van der Waals surface area contributed by atoms with E-state index < -0.39 is 5.63 Å². The van der Waals surface area contributed by atoms with Gasteiger partial charge in [-0.2, -0.15) is 0 Å². The van der Waals surface area contributed by atoms with E-state index in [0.29, 0.717) is 16.5 Å². The molecule has 22 heavy (non-hydrogen) atoms. The third kappa shape index (κ3) is 3.12. The van der Waals surface area contributed by atoms with E-state index in [4.69, 9.17) is 13.9 Å². The van der Waals surface area contributed by atoms with E-state index in [1.165, 1.54) is 27.2 Å². The maximum absolute atomic E-state index is 12.2. The van der Waals surface area contributed by atoms with Crippen molar-refractivity contribution in [1.82, 2.24) is 0 Å². The van der Waals surface area contributed by atoms with Gasteiger partial charge in [0.15, 0.2) is 11.5 Å². The van der Waals surface area contributed by atoms with Crippen LogP contribution < -0.4 is 10.4 Å². The normalized spacial score (nSPS) is 10.9. The van der Waals surface area contributed by atoms with Crippen molar-refractivity contribution in [3.05, 3.63) is 33.7 Å². The molecular formula is C16H18O6. The Labute approximate surface area is 127 Å². The highest BCUT2D eigenvalue weighted by atomic mass is 16.5. The topological polar surface area (TPSA) is 86.0 Å². The predicted octanol–water partition coefficient (Wildman–Crippen LogP) is 2.18. The number of fused-ring (bicyclic) bond motifs is 1. The zero-order valence-corrected chi connectivity index (χ0v) is 12.8. The van der Waals surface area contributed by atoms with Crippen LogP contribution in [0, 0.1) is 0 Å². The van der Waals surface area contributed by atoms with Crippen LogP contribution in [0.3, 0.4) is 0 Å². The molecule has 0 atom stereocenters. The van der Waals surface area contributed by atoms with Gasteiger partial charge in [0, 0.05) is 30.5 Å². The summed E-state index contributed by atoms with van der Waals surface area (Å²) in [5.41, 5.74) is 0.790. The molecule has 0 unspecified atom stereocenters. The summed E-state index contributed by atoms with van der Waals surface area (Å²) in [6, 6.07) is 2.93. The molecule has 0 fully saturated rings. The average Bonchev–Trinajstić information content (AvgIpc) is 2.46. The van der Waals surface area contributed by atoms with Crippen LogP contribution in [-0.2, 0) is 22.6 Å². The number of Topliss-reactive ketones (excluding diaryl/α,β-unsaturated/α-hetero) is 1. The van der Waals surface area contributed by atoms with Gasteiger partial charge in [-0.3, -0.25) is 0 Å². The molecule has 0 radical (unpaired) electrons. The second-order valence-electron chi connectivity index (χ2n) is 5.00. The van der Waals surface area contributed by atoms with Crippen LogP contribution in [0.2, 0.25) is 0 Å². The smallest absolute Gasteiger partial charge is 0.339 e. The van der Waals surface area contributed by atoms with E-state index in [-0.39, 0.29) is 42.3 Å². The number of benzene rings is 1. The van der Waals surface area contributed by atoms with Crippen LogP contribution in [0.4, 0.5) is 0 Å². The van der Waals surface area contributed by atoms with Gasteiger partial charge in [-0.15, -0.1) is 0 Å². The Hall–Kier alpha value is -2.34. The van der Waals surface area contributed by atoms with E-state index in [9.17, 15) is 14.7 Å². The van der Waals surface area contributed by atoms with Crippen LogP contribution >= 0.6 is 0 Å².